The van der Waals surface area contributed by atoms with Crippen molar-refractivity contribution < 1.29 is 22.7 Å². The van der Waals surface area contributed by atoms with Crippen molar-refractivity contribution in [3.8, 4) is 0 Å². The smallest absolute Gasteiger partial charge is 0.324 e. The molecule has 0 saturated heterocycles. The highest BCUT2D eigenvalue weighted by Crippen LogP contribution is 2.18. The molecule has 6 heteroatoms. The zero-order valence-electron chi connectivity index (χ0n) is 7.58. The summed E-state index contributed by atoms with van der Waals surface area (Å²) in [4.78, 5) is 10.6. The number of carbonyl (C=O) groups is 1. The van der Waals surface area contributed by atoms with E-state index in [0.717, 1.165) is 13.8 Å². The van der Waals surface area contributed by atoms with Gasteiger partial charge in [0.15, 0.2) is 14.6 Å². The highest BCUT2D eigenvalue weighted by Gasteiger charge is 2.41. The van der Waals surface area contributed by atoms with Crippen LogP contribution in [0.2, 0.25) is 0 Å². The molecule has 0 aliphatic rings. The number of sulfone groups is 1. The van der Waals surface area contributed by atoms with Gasteiger partial charge in [0.2, 0.25) is 0 Å². The van der Waals surface area contributed by atoms with Gasteiger partial charge in [-0.05, 0) is 20.3 Å². The minimum atomic E-state index is -3.76. The quantitative estimate of drug-likeness (QED) is 0.725. The zero-order valence-corrected chi connectivity index (χ0v) is 8.40. The van der Waals surface area contributed by atoms with Crippen molar-refractivity contribution in [3.05, 3.63) is 0 Å². The van der Waals surface area contributed by atoms with Crippen LogP contribution in [0.25, 0.3) is 0 Å². The van der Waals surface area contributed by atoms with E-state index >= 15 is 0 Å². The van der Waals surface area contributed by atoms with Gasteiger partial charge in [-0.3, -0.25) is 9.18 Å². The Bertz CT molecular complexity index is 281. The molecule has 0 unspecified atom stereocenters. The monoisotopic (exact) mass is 212 g/mol. The second-order valence-electron chi connectivity index (χ2n) is 3.18. The molecule has 0 radical (unpaired) electrons. The second-order valence-corrected chi connectivity index (χ2v) is 5.84. The summed E-state index contributed by atoms with van der Waals surface area (Å²) in [5, 5.41) is 8.60. The van der Waals surface area contributed by atoms with E-state index in [1.54, 1.807) is 0 Å². The average Bonchev–Trinajstić information content (AvgIpc) is 2.00. The van der Waals surface area contributed by atoms with Gasteiger partial charge in [0, 0.05) is 0 Å². The van der Waals surface area contributed by atoms with Gasteiger partial charge >= 0.3 is 5.97 Å². The minimum Gasteiger partial charge on any atom is -0.480 e. The van der Waals surface area contributed by atoms with Crippen LogP contribution in [-0.2, 0) is 14.6 Å². The van der Waals surface area contributed by atoms with E-state index in [2.05, 4.69) is 0 Å². The summed E-state index contributed by atoms with van der Waals surface area (Å²) in [6.45, 7) is 1.45. The summed E-state index contributed by atoms with van der Waals surface area (Å²) in [6, 6.07) is 0. The van der Waals surface area contributed by atoms with Gasteiger partial charge in [0.25, 0.3) is 0 Å². The lowest BCUT2D eigenvalue weighted by Crippen LogP contribution is -2.42. The molecule has 0 aromatic heterocycles. The molecule has 0 heterocycles. The fraction of sp³-hybridized carbons (Fsp3) is 0.857. The summed E-state index contributed by atoms with van der Waals surface area (Å²) in [7, 11) is -3.76. The van der Waals surface area contributed by atoms with E-state index in [1.807, 2.05) is 0 Å². The van der Waals surface area contributed by atoms with E-state index in [-0.39, 0.29) is 6.42 Å². The number of carboxylic acid groups (broad SMARTS) is 1. The molecule has 13 heavy (non-hydrogen) atoms. The highest BCUT2D eigenvalue weighted by molar-refractivity contribution is 7.93. The summed E-state index contributed by atoms with van der Waals surface area (Å²) < 4.78 is 32.5. The molecule has 0 aliphatic carbocycles. The van der Waals surface area contributed by atoms with Crippen molar-refractivity contribution in [2.24, 2.45) is 0 Å². The summed E-state index contributed by atoms with van der Waals surface area (Å²) in [5.41, 5.74) is 0. The number of aliphatic carboxylic acids is 1. The SMILES string of the molecule is CC(C)(C(=O)O)S(=O)(=O)CCCF. The van der Waals surface area contributed by atoms with Gasteiger partial charge in [-0.1, -0.05) is 0 Å². The number of carboxylic acids is 1. The molecule has 0 amide bonds. The first kappa shape index (κ1) is 12.3. The van der Waals surface area contributed by atoms with Crippen molar-refractivity contribution in [2.45, 2.75) is 25.0 Å². The third kappa shape index (κ3) is 2.65. The molecule has 1 N–H and O–H groups in total. The fourth-order valence-electron chi connectivity index (χ4n) is 0.633. The van der Waals surface area contributed by atoms with Crippen LogP contribution in [0.1, 0.15) is 20.3 Å². The van der Waals surface area contributed by atoms with Crippen molar-refractivity contribution >= 4 is 15.8 Å². The molecule has 0 aliphatic heterocycles. The number of hydrogen-bond donors (Lipinski definition) is 1. The van der Waals surface area contributed by atoms with E-state index in [1.165, 1.54) is 0 Å². The molecular weight excluding hydrogens is 199 g/mol. The molecular formula is C7H13FO4S. The number of alkyl halides is 1. The first-order valence-electron chi connectivity index (χ1n) is 3.77. The highest BCUT2D eigenvalue weighted by atomic mass is 32.2. The minimum absolute atomic E-state index is 0.154. The van der Waals surface area contributed by atoms with Crippen LogP contribution < -0.4 is 0 Å². The molecule has 0 rings (SSSR count). The first-order valence-corrected chi connectivity index (χ1v) is 5.42. The van der Waals surface area contributed by atoms with E-state index in [9.17, 15) is 17.6 Å². The fourth-order valence-corrected chi connectivity index (χ4v) is 1.90. The van der Waals surface area contributed by atoms with Gasteiger partial charge in [0.1, 0.15) is 0 Å². The van der Waals surface area contributed by atoms with Gasteiger partial charge in [-0.25, -0.2) is 8.42 Å². The third-order valence-electron chi connectivity index (χ3n) is 1.84. The van der Waals surface area contributed by atoms with Crippen LogP contribution >= 0.6 is 0 Å². The molecule has 0 bridgehead atoms. The van der Waals surface area contributed by atoms with Crippen LogP contribution in [0.5, 0.6) is 0 Å². The zero-order chi connectivity index (χ0) is 10.7. The maximum absolute atomic E-state index is 11.7. The Morgan fingerprint density at radius 1 is 1.46 bits per heavy atom. The van der Waals surface area contributed by atoms with E-state index in [0.29, 0.717) is 0 Å². The third-order valence-corrected chi connectivity index (χ3v) is 4.40. The predicted molar refractivity (Wildman–Crippen MR) is 46.1 cm³/mol. The molecule has 4 nitrogen and oxygen atoms in total. The lowest BCUT2D eigenvalue weighted by Gasteiger charge is -2.18. The number of halogens is 1. The Hall–Kier alpha value is -0.650. The molecule has 0 saturated carbocycles. The Morgan fingerprint density at radius 2 is 1.92 bits per heavy atom. The Morgan fingerprint density at radius 3 is 2.23 bits per heavy atom. The Kier molecular flexibility index (Phi) is 3.84. The predicted octanol–water partition coefficient (Wildman–Crippen LogP) is 0.624. The Balaban J connectivity index is 4.73. The largest absolute Gasteiger partial charge is 0.480 e. The second kappa shape index (κ2) is 4.04. The lowest BCUT2D eigenvalue weighted by atomic mass is 10.2. The maximum atomic E-state index is 11.7. The van der Waals surface area contributed by atoms with Crippen LogP contribution in [0, 0.1) is 0 Å². The summed E-state index contributed by atoms with van der Waals surface area (Å²) >= 11 is 0. The molecule has 0 aromatic rings. The number of rotatable bonds is 5. The summed E-state index contributed by atoms with van der Waals surface area (Å²) in [6.07, 6.45) is -0.154. The average molecular weight is 212 g/mol. The molecule has 0 aromatic carbocycles. The van der Waals surface area contributed by atoms with Crippen LogP contribution in [-0.4, -0.2) is 36.7 Å². The van der Waals surface area contributed by atoms with Crippen LogP contribution in [0.3, 0.4) is 0 Å². The maximum Gasteiger partial charge on any atom is 0.324 e. The molecule has 0 fully saturated rings. The molecule has 0 atom stereocenters. The van der Waals surface area contributed by atoms with Gasteiger partial charge < -0.3 is 5.11 Å². The van der Waals surface area contributed by atoms with Crippen LogP contribution in [0.4, 0.5) is 4.39 Å². The Labute approximate surface area is 76.7 Å². The van der Waals surface area contributed by atoms with Crippen molar-refractivity contribution in [3.63, 3.8) is 0 Å². The van der Waals surface area contributed by atoms with Crippen LogP contribution in [0.15, 0.2) is 0 Å². The molecule has 0 spiro atoms. The van der Waals surface area contributed by atoms with Gasteiger partial charge in [-0.2, -0.15) is 0 Å². The molecule has 78 valence electrons. The summed E-state index contributed by atoms with van der Waals surface area (Å²) in [5.74, 6) is -1.84. The normalized spacial score (nSPS) is 12.8. The number of hydrogen-bond acceptors (Lipinski definition) is 3. The van der Waals surface area contributed by atoms with E-state index < -0.39 is 33.0 Å². The van der Waals surface area contributed by atoms with E-state index in [4.69, 9.17) is 5.11 Å². The topological polar surface area (TPSA) is 71.4 Å². The standard InChI is InChI=1S/C7H13FO4S/c1-7(2,6(9)10)13(11,12)5-3-4-8/h3-5H2,1-2H3,(H,9,10). The first-order chi connectivity index (χ1) is 5.75. The van der Waals surface area contributed by atoms with Crippen molar-refractivity contribution in [1.29, 1.82) is 0 Å². The van der Waals surface area contributed by atoms with Gasteiger partial charge in [0.05, 0.1) is 12.4 Å². The van der Waals surface area contributed by atoms with Crippen molar-refractivity contribution in [2.75, 3.05) is 12.4 Å². The van der Waals surface area contributed by atoms with Gasteiger partial charge in [-0.15, -0.1) is 0 Å². The lowest BCUT2D eigenvalue weighted by molar-refractivity contribution is -0.139. The van der Waals surface area contributed by atoms with Crippen molar-refractivity contribution in [1.82, 2.24) is 0 Å².